The van der Waals surface area contributed by atoms with Gasteiger partial charge in [-0.3, -0.25) is 0 Å². The van der Waals surface area contributed by atoms with Crippen molar-refractivity contribution in [2.24, 2.45) is 4.99 Å². The highest BCUT2D eigenvalue weighted by Gasteiger charge is 2.06. The van der Waals surface area contributed by atoms with E-state index >= 15 is 0 Å². The van der Waals surface area contributed by atoms with Crippen molar-refractivity contribution in [3.05, 3.63) is 40.5 Å². The summed E-state index contributed by atoms with van der Waals surface area (Å²) in [5.41, 5.74) is 3.36. The van der Waals surface area contributed by atoms with Gasteiger partial charge in [0.05, 0.1) is 0 Å². The van der Waals surface area contributed by atoms with Crippen molar-refractivity contribution >= 4 is 33.6 Å². The van der Waals surface area contributed by atoms with E-state index in [-0.39, 0.29) is 0 Å². The Kier molecular flexibility index (Phi) is 3.13. The van der Waals surface area contributed by atoms with Gasteiger partial charge in [0.1, 0.15) is 5.01 Å². The molecule has 0 fully saturated rings. The maximum Gasteiger partial charge on any atom is 0.231 e. The van der Waals surface area contributed by atoms with Crippen LogP contribution >= 0.6 is 11.3 Å². The van der Waals surface area contributed by atoms with Gasteiger partial charge in [0.25, 0.3) is 0 Å². The predicted octanol–water partition coefficient (Wildman–Crippen LogP) is 3.64. The third kappa shape index (κ3) is 2.29. The standard InChI is InChI=1S/C14H14N4S/c1-3-13-17-18-14(19-13)15-8-11-9(2)16-12-7-5-4-6-10(11)12/h4-8,16H,3H2,1-2H3/b15-8+. The Morgan fingerprint density at radius 1 is 1.32 bits per heavy atom. The molecule has 19 heavy (non-hydrogen) atoms. The number of benzene rings is 1. The number of hydrogen-bond acceptors (Lipinski definition) is 4. The lowest BCUT2D eigenvalue weighted by atomic mass is 10.1. The van der Waals surface area contributed by atoms with E-state index in [9.17, 15) is 0 Å². The number of hydrogen-bond donors (Lipinski definition) is 1. The first kappa shape index (κ1) is 12.0. The molecule has 1 N–H and O–H groups in total. The minimum atomic E-state index is 0.710. The van der Waals surface area contributed by atoms with Crippen LogP contribution in [0, 0.1) is 6.92 Å². The molecule has 4 nitrogen and oxygen atoms in total. The number of aromatic amines is 1. The van der Waals surface area contributed by atoms with E-state index in [0.717, 1.165) is 28.2 Å². The second kappa shape index (κ2) is 4.93. The molecule has 0 unspecified atom stereocenters. The van der Waals surface area contributed by atoms with Crippen LogP contribution in [-0.4, -0.2) is 21.4 Å². The fraction of sp³-hybridized carbons (Fsp3) is 0.214. The van der Waals surface area contributed by atoms with E-state index in [2.05, 4.69) is 46.2 Å². The molecule has 1 aromatic carbocycles. The summed E-state index contributed by atoms with van der Waals surface area (Å²) in [4.78, 5) is 7.78. The van der Waals surface area contributed by atoms with Crippen LogP contribution in [0.2, 0.25) is 0 Å². The molecule has 0 amide bonds. The molecule has 96 valence electrons. The van der Waals surface area contributed by atoms with Crippen LogP contribution < -0.4 is 0 Å². The third-order valence-corrected chi connectivity index (χ3v) is 3.98. The average Bonchev–Trinajstić information content (AvgIpc) is 3.00. The first-order valence-corrected chi connectivity index (χ1v) is 7.03. The number of rotatable bonds is 3. The van der Waals surface area contributed by atoms with E-state index in [0.29, 0.717) is 5.13 Å². The number of aliphatic imine (C=N–C) groups is 1. The van der Waals surface area contributed by atoms with Crippen LogP contribution in [0.4, 0.5) is 5.13 Å². The summed E-state index contributed by atoms with van der Waals surface area (Å²) < 4.78 is 0. The van der Waals surface area contributed by atoms with Gasteiger partial charge in [0, 0.05) is 28.4 Å². The monoisotopic (exact) mass is 270 g/mol. The molecule has 2 heterocycles. The van der Waals surface area contributed by atoms with Gasteiger partial charge in [-0.25, -0.2) is 4.99 Å². The Labute approximate surface area is 115 Å². The van der Waals surface area contributed by atoms with E-state index < -0.39 is 0 Å². The third-order valence-electron chi connectivity index (χ3n) is 3.01. The summed E-state index contributed by atoms with van der Waals surface area (Å²) in [6.07, 6.45) is 2.77. The van der Waals surface area contributed by atoms with Gasteiger partial charge < -0.3 is 4.98 Å². The predicted molar refractivity (Wildman–Crippen MR) is 79.6 cm³/mol. The summed E-state index contributed by atoms with van der Waals surface area (Å²) in [5, 5.41) is 11.0. The Balaban J connectivity index is 1.98. The normalized spacial score (nSPS) is 11.7. The maximum absolute atomic E-state index is 4.43. The van der Waals surface area contributed by atoms with Crippen molar-refractivity contribution < 1.29 is 0 Å². The fourth-order valence-corrected chi connectivity index (χ4v) is 2.65. The first-order valence-electron chi connectivity index (χ1n) is 6.21. The van der Waals surface area contributed by atoms with Crippen molar-refractivity contribution in [2.75, 3.05) is 0 Å². The minimum Gasteiger partial charge on any atom is -0.358 e. The average molecular weight is 270 g/mol. The molecule has 3 aromatic rings. The van der Waals surface area contributed by atoms with Crippen LogP contribution in [0.1, 0.15) is 23.2 Å². The lowest BCUT2D eigenvalue weighted by molar-refractivity contribution is 0.982. The molecule has 2 aromatic heterocycles. The van der Waals surface area contributed by atoms with E-state index in [1.54, 1.807) is 0 Å². The molecule has 0 saturated heterocycles. The highest BCUT2D eigenvalue weighted by molar-refractivity contribution is 7.14. The number of nitrogens with zero attached hydrogens (tertiary/aromatic N) is 3. The lowest BCUT2D eigenvalue weighted by Crippen LogP contribution is -1.82. The molecule has 3 rings (SSSR count). The Bertz CT molecular complexity index is 739. The minimum absolute atomic E-state index is 0.710. The Hall–Kier alpha value is -2.01. The first-order chi connectivity index (χ1) is 9.28. The van der Waals surface area contributed by atoms with Gasteiger partial charge >= 0.3 is 0 Å². The van der Waals surface area contributed by atoms with Crippen LogP contribution in [0.25, 0.3) is 10.9 Å². The smallest absolute Gasteiger partial charge is 0.231 e. The van der Waals surface area contributed by atoms with Gasteiger partial charge in [-0.1, -0.05) is 36.5 Å². The van der Waals surface area contributed by atoms with Crippen LogP contribution in [0.5, 0.6) is 0 Å². The summed E-state index contributed by atoms with van der Waals surface area (Å²) in [7, 11) is 0. The number of aryl methyl sites for hydroxylation is 2. The summed E-state index contributed by atoms with van der Waals surface area (Å²) >= 11 is 1.54. The zero-order chi connectivity index (χ0) is 13.2. The van der Waals surface area contributed by atoms with Crippen molar-refractivity contribution in [3.63, 3.8) is 0 Å². The Morgan fingerprint density at radius 2 is 2.16 bits per heavy atom. The zero-order valence-corrected chi connectivity index (χ0v) is 11.7. The number of H-pyrrole nitrogens is 1. The van der Waals surface area contributed by atoms with Gasteiger partial charge in [0.2, 0.25) is 5.13 Å². The summed E-state index contributed by atoms with van der Waals surface area (Å²) in [5.74, 6) is 0. The number of fused-ring (bicyclic) bond motifs is 1. The molecule has 0 atom stereocenters. The number of aromatic nitrogens is 3. The van der Waals surface area contributed by atoms with Crippen molar-refractivity contribution in [2.45, 2.75) is 20.3 Å². The second-order valence-electron chi connectivity index (χ2n) is 4.30. The van der Waals surface area contributed by atoms with Gasteiger partial charge in [-0.2, -0.15) is 0 Å². The van der Waals surface area contributed by atoms with E-state index in [1.807, 2.05) is 18.3 Å². The van der Waals surface area contributed by atoms with Gasteiger partial charge in [0.15, 0.2) is 0 Å². The van der Waals surface area contributed by atoms with Crippen molar-refractivity contribution in [3.8, 4) is 0 Å². The highest BCUT2D eigenvalue weighted by Crippen LogP contribution is 2.22. The Morgan fingerprint density at radius 3 is 2.95 bits per heavy atom. The van der Waals surface area contributed by atoms with Crippen molar-refractivity contribution in [1.29, 1.82) is 0 Å². The van der Waals surface area contributed by atoms with Crippen molar-refractivity contribution in [1.82, 2.24) is 15.2 Å². The lowest BCUT2D eigenvalue weighted by Gasteiger charge is -1.91. The second-order valence-corrected chi connectivity index (χ2v) is 5.34. The highest BCUT2D eigenvalue weighted by atomic mass is 32.1. The molecule has 0 bridgehead atoms. The molecule has 5 heteroatoms. The molecule has 0 spiro atoms. The topological polar surface area (TPSA) is 53.9 Å². The quantitative estimate of drug-likeness (QED) is 0.739. The SMILES string of the molecule is CCc1nnc(/N=C/c2c(C)[nH]c3ccccc23)s1. The fourth-order valence-electron chi connectivity index (χ4n) is 2.02. The summed E-state index contributed by atoms with van der Waals surface area (Å²) in [6.45, 7) is 4.12. The molecular formula is C14H14N4S. The molecule has 0 aliphatic rings. The largest absolute Gasteiger partial charge is 0.358 e. The number of nitrogens with one attached hydrogen (secondary N) is 1. The molecule has 0 aliphatic heterocycles. The van der Waals surface area contributed by atoms with Crippen LogP contribution in [0.3, 0.4) is 0 Å². The van der Waals surface area contributed by atoms with Crippen LogP contribution in [0.15, 0.2) is 29.3 Å². The molecule has 0 radical (unpaired) electrons. The molecule has 0 aliphatic carbocycles. The zero-order valence-electron chi connectivity index (χ0n) is 10.8. The van der Waals surface area contributed by atoms with E-state index in [1.165, 1.54) is 16.7 Å². The molecule has 0 saturated carbocycles. The van der Waals surface area contributed by atoms with E-state index in [4.69, 9.17) is 0 Å². The summed E-state index contributed by atoms with van der Waals surface area (Å²) in [6, 6.07) is 8.22. The molecular weight excluding hydrogens is 256 g/mol. The van der Waals surface area contributed by atoms with Gasteiger partial charge in [-0.05, 0) is 19.4 Å². The number of para-hydroxylation sites is 1. The van der Waals surface area contributed by atoms with Crippen LogP contribution in [-0.2, 0) is 6.42 Å². The van der Waals surface area contributed by atoms with Gasteiger partial charge in [-0.15, -0.1) is 10.2 Å². The maximum atomic E-state index is 4.43.